The van der Waals surface area contributed by atoms with Crippen molar-refractivity contribution < 1.29 is 4.79 Å². The monoisotopic (exact) mass is 420 g/mol. The molecule has 2 aromatic rings. The Morgan fingerprint density at radius 1 is 0.929 bits per heavy atom. The fourth-order valence-corrected chi connectivity index (χ4v) is 3.56. The Morgan fingerprint density at radius 3 is 2.32 bits per heavy atom. The Morgan fingerprint density at radius 2 is 1.61 bits per heavy atom. The number of amides is 2. The first-order chi connectivity index (χ1) is 13.6. The van der Waals surface area contributed by atoms with E-state index in [1.807, 2.05) is 24.3 Å². The first kappa shape index (κ1) is 20.9. The SMILES string of the molecule is O=C(NCCCN1CCN(Cc2ccc(Cl)cc2)CC1)Nc1ccccc1Cl. The molecule has 2 amide bonds. The van der Waals surface area contributed by atoms with Gasteiger partial charge < -0.3 is 15.5 Å². The maximum atomic E-state index is 11.9. The number of anilines is 1. The van der Waals surface area contributed by atoms with E-state index in [4.69, 9.17) is 23.2 Å². The van der Waals surface area contributed by atoms with Crippen molar-refractivity contribution in [1.29, 1.82) is 0 Å². The van der Waals surface area contributed by atoms with Crippen molar-refractivity contribution in [1.82, 2.24) is 15.1 Å². The van der Waals surface area contributed by atoms with Gasteiger partial charge in [0, 0.05) is 44.3 Å². The number of halogens is 2. The van der Waals surface area contributed by atoms with Gasteiger partial charge in [0.1, 0.15) is 0 Å². The molecule has 2 N–H and O–H groups in total. The van der Waals surface area contributed by atoms with Crippen molar-refractivity contribution in [3.8, 4) is 0 Å². The maximum absolute atomic E-state index is 11.9. The van der Waals surface area contributed by atoms with Crippen molar-refractivity contribution in [2.45, 2.75) is 13.0 Å². The minimum atomic E-state index is -0.221. The fraction of sp³-hybridized carbons (Fsp3) is 0.381. The van der Waals surface area contributed by atoms with Gasteiger partial charge in [-0.15, -0.1) is 0 Å². The third-order valence-electron chi connectivity index (χ3n) is 4.84. The van der Waals surface area contributed by atoms with E-state index < -0.39 is 0 Å². The van der Waals surface area contributed by atoms with Crippen LogP contribution in [0.3, 0.4) is 0 Å². The molecule has 3 rings (SSSR count). The van der Waals surface area contributed by atoms with E-state index in [9.17, 15) is 4.79 Å². The molecule has 0 spiro atoms. The van der Waals surface area contributed by atoms with Crippen LogP contribution < -0.4 is 10.6 Å². The lowest BCUT2D eigenvalue weighted by Crippen LogP contribution is -2.46. The van der Waals surface area contributed by atoms with Crippen molar-refractivity contribution in [2.75, 3.05) is 44.6 Å². The predicted octanol–water partition coefficient (Wildman–Crippen LogP) is 4.32. The molecule has 0 aliphatic carbocycles. The molecule has 0 saturated carbocycles. The highest BCUT2D eigenvalue weighted by Crippen LogP contribution is 2.20. The molecule has 150 valence electrons. The predicted molar refractivity (Wildman–Crippen MR) is 116 cm³/mol. The van der Waals surface area contributed by atoms with E-state index in [1.165, 1.54) is 5.56 Å². The third-order valence-corrected chi connectivity index (χ3v) is 5.42. The smallest absolute Gasteiger partial charge is 0.319 e. The lowest BCUT2D eigenvalue weighted by molar-refractivity contribution is 0.126. The largest absolute Gasteiger partial charge is 0.338 e. The van der Waals surface area contributed by atoms with Gasteiger partial charge in [-0.05, 0) is 42.8 Å². The number of nitrogens with zero attached hydrogens (tertiary/aromatic N) is 2. The van der Waals surface area contributed by atoms with Crippen molar-refractivity contribution >= 4 is 34.9 Å². The first-order valence-corrected chi connectivity index (χ1v) is 10.3. The molecule has 1 aliphatic heterocycles. The van der Waals surface area contributed by atoms with E-state index in [2.05, 4.69) is 32.6 Å². The number of rotatable bonds is 7. The molecular weight excluding hydrogens is 395 g/mol. The van der Waals surface area contributed by atoms with Crippen LogP contribution in [0.1, 0.15) is 12.0 Å². The topological polar surface area (TPSA) is 47.6 Å². The number of nitrogens with one attached hydrogen (secondary N) is 2. The molecule has 2 aromatic carbocycles. The Kier molecular flexibility index (Phi) is 7.98. The molecule has 1 fully saturated rings. The van der Waals surface area contributed by atoms with Gasteiger partial charge in [0.15, 0.2) is 0 Å². The minimum absolute atomic E-state index is 0.221. The zero-order valence-corrected chi connectivity index (χ0v) is 17.3. The van der Waals surface area contributed by atoms with Crippen molar-refractivity contribution in [3.63, 3.8) is 0 Å². The quantitative estimate of drug-likeness (QED) is 0.655. The molecule has 0 unspecified atom stereocenters. The molecule has 1 aliphatic rings. The highest BCUT2D eigenvalue weighted by atomic mass is 35.5. The molecule has 0 radical (unpaired) electrons. The fourth-order valence-electron chi connectivity index (χ4n) is 3.25. The minimum Gasteiger partial charge on any atom is -0.338 e. The van der Waals surface area contributed by atoms with Gasteiger partial charge in [-0.3, -0.25) is 4.90 Å². The Bertz CT molecular complexity index is 761. The normalized spacial score (nSPS) is 15.4. The van der Waals surface area contributed by atoms with Gasteiger partial charge in [0.05, 0.1) is 10.7 Å². The average Bonchev–Trinajstić information content (AvgIpc) is 2.70. The van der Waals surface area contributed by atoms with Gasteiger partial charge in [-0.2, -0.15) is 0 Å². The molecule has 1 saturated heterocycles. The molecular formula is C21H26Cl2N4O. The van der Waals surface area contributed by atoms with Gasteiger partial charge in [-0.1, -0.05) is 47.5 Å². The molecule has 1 heterocycles. The number of hydrogen-bond donors (Lipinski definition) is 2. The zero-order valence-electron chi connectivity index (χ0n) is 15.8. The van der Waals surface area contributed by atoms with E-state index in [0.29, 0.717) is 17.3 Å². The lowest BCUT2D eigenvalue weighted by Gasteiger charge is -2.34. The summed E-state index contributed by atoms with van der Waals surface area (Å²) >= 11 is 12.0. The second kappa shape index (κ2) is 10.7. The summed E-state index contributed by atoms with van der Waals surface area (Å²) in [5, 5.41) is 6.97. The molecule has 5 nitrogen and oxygen atoms in total. The molecule has 7 heteroatoms. The van der Waals surface area contributed by atoms with Crippen LogP contribution in [-0.4, -0.2) is 55.1 Å². The number of urea groups is 1. The number of hydrogen-bond acceptors (Lipinski definition) is 3. The van der Waals surface area contributed by atoms with E-state index in [0.717, 1.165) is 50.7 Å². The summed E-state index contributed by atoms with van der Waals surface area (Å²) in [5.41, 5.74) is 1.92. The standard InChI is InChI=1S/C21H26Cl2N4O/c22-18-8-6-17(7-9-18)16-27-14-12-26(13-15-27)11-3-10-24-21(28)25-20-5-2-1-4-19(20)23/h1-2,4-9H,3,10-16H2,(H2,24,25,28). The molecule has 0 atom stereocenters. The number of piperazine rings is 1. The van der Waals surface area contributed by atoms with Crippen LogP contribution in [0.5, 0.6) is 0 Å². The van der Waals surface area contributed by atoms with Crippen LogP contribution in [0.2, 0.25) is 10.0 Å². The van der Waals surface area contributed by atoms with Crippen LogP contribution in [0, 0.1) is 0 Å². The van der Waals surface area contributed by atoms with Crippen LogP contribution in [0.15, 0.2) is 48.5 Å². The maximum Gasteiger partial charge on any atom is 0.319 e. The first-order valence-electron chi connectivity index (χ1n) is 9.59. The Hall–Kier alpha value is -1.79. The summed E-state index contributed by atoms with van der Waals surface area (Å²) in [5.74, 6) is 0. The second-order valence-corrected chi connectivity index (χ2v) is 7.80. The molecule has 0 bridgehead atoms. The van der Waals surface area contributed by atoms with Crippen LogP contribution in [0.4, 0.5) is 10.5 Å². The lowest BCUT2D eigenvalue weighted by atomic mass is 10.2. The van der Waals surface area contributed by atoms with Crippen molar-refractivity contribution in [3.05, 3.63) is 64.1 Å². The van der Waals surface area contributed by atoms with E-state index in [-0.39, 0.29) is 6.03 Å². The zero-order chi connectivity index (χ0) is 19.8. The summed E-state index contributed by atoms with van der Waals surface area (Å²) in [4.78, 5) is 16.9. The van der Waals surface area contributed by atoms with E-state index >= 15 is 0 Å². The molecule has 0 aromatic heterocycles. The van der Waals surface area contributed by atoms with Crippen molar-refractivity contribution in [2.24, 2.45) is 0 Å². The van der Waals surface area contributed by atoms with Gasteiger partial charge >= 0.3 is 6.03 Å². The van der Waals surface area contributed by atoms with Gasteiger partial charge in [0.2, 0.25) is 0 Å². The number of carbonyl (C=O) groups excluding carboxylic acids is 1. The van der Waals surface area contributed by atoms with Gasteiger partial charge in [0.25, 0.3) is 0 Å². The average molecular weight is 421 g/mol. The number of carbonyl (C=O) groups is 1. The molecule has 28 heavy (non-hydrogen) atoms. The number of benzene rings is 2. The number of para-hydroxylation sites is 1. The second-order valence-electron chi connectivity index (χ2n) is 6.96. The summed E-state index contributed by atoms with van der Waals surface area (Å²) in [6.07, 6.45) is 0.924. The summed E-state index contributed by atoms with van der Waals surface area (Å²) in [6, 6.07) is 15.1. The van der Waals surface area contributed by atoms with Crippen LogP contribution >= 0.6 is 23.2 Å². The summed E-state index contributed by atoms with van der Waals surface area (Å²) < 4.78 is 0. The Labute approximate surface area is 176 Å². The highest BCUT2D eigenvalue weighted by molar-refractivity contribution is 6.33. The van der Waals surface area contributed by atoms with Crippen LogP contribution in [0.25, 0.3) is 0 Å². The van der Waals surface area contributed by atoms with E-state index in [1.54, 1.807) is 12.1 Å². The summed E-state index contributed by atoms with van der Waals surface area (Å²) in [6.45, 7) is 6.82. The Balaban J connectivity index is 1.29. The highest BCUT2D eigenvalue weighted by Gasteiger charge is 2.16. The van der Waals surface area contributed by atoms with Crippen LogP contribution in [-0.2, 0) is 6.54 Å². The van der Waals surface area contributed by atoms with Gasteiger partial charge in [-0.25, -0.2) is 4.79 Å². The summed E-state index contributed by atoms with van der Waals surface area (Å²) in [7, 11) is 0. The third kappa shape index (κ3) is 6.67.